The molecule has 1 aromatic carbocycles. The van der Waals surface area contributed by atoms with Crippen LogP contribution in [0.5, 0.6) is 5.88 Å². The Morgan fingerprint density at radius 1 is 1.20 bits per heavy atom. The van der Waals surface area contributed by atoms with Gasteiger partial charge in [0, 0.05) is 12.3 Å². The minimum Gasteiger partial charge on any atom is -0.471 e. The highest BCUT2D eigenvalue weighted by molar-refractivity contribution is 7.89. The molecule has 0 aliphatic carbocycles. The summed E-state index contributed by atoms with van der Waals surface area (Å²) >= 11 is 0. The van der Waals surface area contributed by atoms with Crippen LogP contribution in [0.15, 0.2) is 35.4 Å². The van der Waals surface area contributed by atoms with Gasteiger partial charge in [-0.15, -0.1) is 0 Å². The minimum absolute atomic E-state index is 0.262. The predicted octanol–water partition coefficient (Wildman–Crippen LogP) is 2.33. The lowest BCUT2D eigenvalue weighted by molar-refractivity contribution is 0.0720. The van der Waals surface area contributed by atoms with Crippen molar-refractivity contribution < 1.29 is 13.2 Å². The number of aromatic nitrogens is 1. The topological polar surface area (TPSA) is 83.3 Å². The van der Waals surface area contributed by atoms with Gasteiger partial charge in [-0.1, -0.05) is 17.7 Å². The zero-order valence-electron chi connectivity index (χ0n) is 14.4. The van der Waals surface area contributed by atoms with Gasteiger partial charge in [-0.05, 0) is 38.0 Å². The summed E-state index contributed by atoms with van der Waals surface area (Å²) in [5, 5.41) is 8.89. The van der Waals surface area contributed by atoms with E-state index in [4.69, 9.17) is 10.00 Å². The van der Waals surface area contributed by atoms with Crippen LogP contribution >= 0.6 is 0 Å². The Balaban J connectivity index is 1.73. The van der Waals surface area contributed by atoms with Crippen molar-refractivity contribution in [3.8, 4) is 11.9 Å². The third-order valence-corrected chi connectivity index (χ3v) is 6.31. The Kier molecular flexibility index (Phi) is 4.50. The van der Waals surface area contributed by atoms with Crippen LogP contribution in [0.2, 0.25) is 0 Å². The molecule has 0 bridgehead atoms. The number of nitriles is 1. The molecule has 0 saturated carbocycles. The zero-order valence-corrected chi connectivity index (χ0v) is 15.2. The number of rotatable bonds is 4. The molecule has 1 saturated heterocycles. The molecule has 0 unspecified atom stereocenters. The van der Waals surface area contributed by atoms with Gasteiger partial charge in [0.05, 0.1) is 29.6 Å². The van der Waals surface area contributed by atoms with E-state index in [-0.39, 0.29) is 19.2 Å². The smallest absolute Gasteiger partial charge is 0.243 e. The van der Waals surface area contributed by atoms with Crippen molar-refractivity contribution in [2.75, 3.05) is 13.1 Å². The van der Waals surface area contributed by atoms with E-state index < -0.39 is 10.0 Å². The number of hydrogen-bond donors (Lipinski definition) is 0. The number of ether oxygens (including phenoxy) is 1. The molecule has 0 amide bonds. The molecule has 1 fully saturated rings. The van der Waals surface area contributed by atoms with Crippen LogP contribution in [0.25, 0.3) is 0 Å². The number of benzene rings is 1. The average molecular weight is 357 g/mol. The SMILES string of the molecule is Cc1cc(C)c(S(=O)(=O)N2CC(Oc3cc(C#N)ccn3)C2)c(C)c1. The van der Waals surface area contributed by atoms with Gasteiger partial charge in [-0.3, -0.25) is 0 Å². The van der Waals surface area contributed by atoms with E-state index in [1.807, 2.05) is 39.0 Å². The summed E-state index contributed by atoms with van der Waals surface area (Å²) in [6.07, 6.45) is 1.24. The summed E-state index contributed by atoms with van der Waals surface area (Å²) in [6.45, 7) is 6.13. The molecule has 0 N–H and O–H groups in total. The van der Waals surface area contributed by atoms with E-state index >= 15 is 0 Å². The first kappa shape index (κ1) is 17.4. The van der Waals surface area contributed by atoms with E-state index in [9.17, 15) is 8.42 Å². The van der Waals surface area contributed by atoms with Crippen molar-refractivity contribution in [1.82, 2.24) is 9.29 Å². The highest BCUT2D eigenvalue weighted by atomic mass is 32.2. The van der Waals surface area contributed by atoms with Gasteiger partial charge in [-0.2, -0.15) is 9.57 Å². The summed E-state index contributed by atoms with van der Waals surface area (Å²) < 4.78 is 32.8. The lowest BCUT2D eigenvalue weighted by Crippen LogP contribution is -2.56. The van der Waals surface area contributed by atoms with Crippen molar-refractivity contribution in [1.29, 1.82) is 5.26 Å². The molecule has 2 heterocycles. The Hall–Kier alpha value is -2.43. The highest BCUT2D eigenvalue weighted by Gasteiger charge is 2.39. The van der Waals surface area contributed by atoms with Crippen molar-refractivity contribution >= 4 is 10.0 Å². The number of pyridine rings is 1. The van der Waals surface area contributed by atoms with Gasteiger partial charge in [0.15, 0.2) is 0 Å². The number of sulfonamides is 1. The van der Waals surface area contributed by atoms with Crippen molar-refractivity contribution in [2.45, 2.75) is 31.8 Å². The van der Waals surface area contributed by atoms with Gasteiger partial charge in [0.25, 0.3) is 0 Å². The normalized spacial score (nSPS) is 15.4. The molecule has 130 valence electrons. The molecular formula is C18H19N3O3S. The summed E-state index contributed by atoms with van der Waals surface area (Å²) in [4.78, 5) is 4.43. The number of nitrogens with zero attached hydrogens (tertiary/aromatic N) is 3. The monoisotopic (exact) mass is 357 g/mol. The Bertz CT molecular complexity index is 935. The van der Waals surface area contributed by atoms with Crippen LogP contribution in [-0.2, 0) is 10.0 Å². The van der Waals surface area contributed by atoms with E-state index in [0.717, 1.165) is 16.7 Å². The van der Waals surface area contributed by atoms with Gasteiger partial charge in [0.2, 0.25) is 15.9 Å². The third kappa shape index (κ3) is 3.36. The molecule has 0 spiro atoms. The van der Waals surface area contributed by atoms with Crippen LogP contribution in [0, 0.1) is 32.1 Å². The molecule has 1 aliphatic rings. The summed E-state index contributed by atoms with van der Waals surface area (Å²) in [5.74, 6) is 0.337. The van der Waals surface area contributed by atoms with E-state index in [1.54, 1.807) is 12.1 Å². The quantitative estimate of drug-likeness (QED) is 0.838. The molecule has 6 nitrogen and oxygen atoms in total. The van der Waals surface area contributed by atoms with Crippen molar-refractivity contribution in [2.24, 2.45) is 0 Å². The fourth-order valence-electron chi connectivity index (χ4n) is 3.09. The first-order valence-electron chi connectivity index (χ1n) is 7.92. The predicted molar refractivity (Wildman–Crippen MR) is 92.8 cm³/mol. The Labute approximate surface area is 147 Å². The first-order valence-corrected chi connectivity index (χ1v) is 9.36. The average Bonchev–Trinajstić information content (AvgIpc) is 2.49. The number of aryl methyl sites for hydroxylation is 3. The Morgan fingerprint density at radius 3 is 2.44 bits per heavy atom. The minimum atomic E-state index is -3.54. The maximum Gasteiger partial charge on any atom is 0.243 e. The van der Waals surface area contributed by atoms with Gasteiger partial charge < -0.3 is 4.74 Å². The van der Waals surface area contributed by atoms with Crippen LogP contribution in [0.3, 0.4) is 0 Å². The first-order chi connectivity index (χ1) is 11.8. The fraction of sp³-hybridized carbons (Fsp3) is 0.333. The second-order valence-electron chi connectivity index (χ2n) is 6.28. The van der Waals surface area contributed by atoms with Gasteiger partial charge in [0.1, 0.15) is 6.10 Å². The lowest BCUT2D eigenvalue weighted by Gasteiger charge is -2.38. The molecule has 1 aliphatic heterocycles. The summed E-state index contributed by atoms with van der Waals surface area (Å²) in [6, 6.07) is 8.92. The maximum atomic E-state index is 12.9. The number of hydrogen-bond acceptors (Lipinski definition) is 5. The molecule has 0 atom stereocenters. The molecule has 3 rings (SSSR count). The van der Waals surface area contributed by atoms with E-state index in [1.165, 1.54) is 10.5 Å². The van der Waals surface area contributed by atoms with Crippen molar-refractivity contribution in [3.63, 3.8) is 0 Å². The molecule has 25 heavy (non-hydrogen) atoms. The Morgan fingerprint density at radius 2 is 1.84 bits per heavy atom. The maximum absolute atomic E-state index is 12.9. The summed E-state index contributed by atoms with van der Waals surface area (Å²) in [7, 11) is -3.54. The standard InChI is InChI=1S/C18H19N3O3S/c1-12-6-13(2)18(14(3)7-12)25(22,23)21-10-16(11-21)24-17-8-15(9-19)4-5-20-17/h4-8,16H,10-11H2,1-3H3. The van der Waals surface area contributed by atoms with Crippen LogP contribution in [0.4, 0.5) is 0 Å². The van der Waals surface area contributed by atoms with Crippen LogP contribution < -0.4 is 4.74 Å². The highest BCUT2D eigenvalue weighted by Crippen LogP contribution is 2.29. The van der Waals surface area contributed by atoms with Crippen LogP contribution in [0.1, 0.15) is 22.3 Å². The summed E-state index contributed by atoms with van der Waals surface area (Å²) in [5.41, 5.74) is 3.01. The van der Waals surface area contributed by atoms with Crippen molar-refractivity contribution in [3.05, 3.63) is 52.7 Å². The van der Waals surface area contributed by atoms with Gasteiger partial charge >= 0.3 is 0 Å². The molecule has 0 radical (unpaired) electrons. The van der Waals surface area contributed by atoms with Gasteiger partial charge in [-0.25, -0.2) is 13.4 Å². The molecule has 2 aromatic rings. The zero-order chi connectivity index (χ0) is 18.2. The lowest BCUT2D eigenvalue weighted by atomic mass is 10.1. The molecule has 1 aromatic heterocycles. The largest absolute Gasteiger partial charge is 0.471 e. The molecule has 7 heteroatoms. The second kappa shape index (κ2) is 6.47. The van der Waals surface area contributed by atoms with Crippen LogP contribution in [-0.4, -0.2) is 36.9 Å². The van der Waals surface area contributed by atoms with E-state index in [2.05, 4.69) is 4.98 Å². The molecular weight excluding hydrogens is 338 g/mol. The second-order valence-corrected chi connectivity index (χ2v) is 8.16. The fourth-order valence-corrected chi connectivity index (χ4v) is 5.00. The van der Waals surface area contributed by atoms with E-state index in [0.29, 0.717) is 16.3 Å². The third-order valence-electron chi connectivity index (χ3n) is 4.17.